The molecule has 4 nitrogen and oxygen atoms in total. The van der Waals surface area contributed by atoms with Crippen LogP contribution in [0, 0.1) is 17.8 Å². The van der Waals surface area contributed by atoms with E-state index in [-0.39, 0.29) is 17.9 Å². The zero-order valence-corrected chi connectivity index (χ0v) is 10.9. The van der Waals surface area contributed by atoms with E-state index in [0.717, 1.165) is 24.6 Å². The zero-order chi connectivity index (χ0) is 12.5. The van der Waals surface area contributed by atoms with E-state index in [4.69, 9.17) is 0 Å². The molecule has 0 spiro atoms. The highest BCUT2D eigenvalue weighted by molar-refractivity contribution is 5.79. The van der Waals surface area contributed by atoms with Gasteiger partial charge in [0.2, 0.25) is 5.91 Å². The molecule has 3 rings (SSSR count). The lowest BCUT2D eigenvalue weighted by molar-refractivity contribution is -0.127. The minimum Gasteiger partial charge on any atom is -0.347 e. The van der Waals surface area contributed by atoms with E-state index in [1.807, 2.05) is 6.20 Å². The third-order valence-electron chi connectivity index (χ3n) is 4.65. The van der Waals surface area contributed by atoms with Gasteiger partial charge in [0, 0.05) is 18.3 Å². The van der Waals surface area contributed by atoms with Crippen LogP contribution in [0.2, 0.25) is 0 Å². The van der Waals surface area contributed by atoms with Crippen molar-refractivity contribution >= 4 is 5.91 Å². The number of imidazole rings is 1. The molecule has 4 heteroatoms. The first kappa shape index (κ1) is 11.8. The van der Waals surface area contributed by atoms with Crippen molar-refractivity contribution in [1.82, 2.24) is 15.3 Å². The normalized spacial score (nSPS) is 31.5. The van der Waals surface area contributed by atoms with Crippen molar-refractivity contribution in [3.63, 3.8) is 0 Å². The summed E-state index contributed by atoms with van der Waals surface area (Å²) in [5, 5.41) is 3.16. The van der Waals surface area contributed by atoms with E-state index in [1.54, 1.807) is 6.20 Å². The van der Waals surface area contributed by atoms with Crippen LogP contribution in [0.25, 0.3) is 0 Å². The largest absolute Gasteiger partial charge is 0.347 e. The molecule has 2 bridgehead atoms. The van der Waals surface area contributed by atoms with Crippen LogP contribution in [-0.2, 0) is 4.79 Å². The van der Waals surface area contributed by atoms with Gasteiger partial charge in [-0.3, -0.25) is 4.79 Å². The molecule has 2 aliphatic carbocycles. The summed E-state index contributed by atoms with van der Waals surface area (Å²) in [6.45, 7) is 2.08. The maximum Gasteiger partial charge on any atom is 0.223 e. The Balaban J connectivity index is 1.63. The second kappa shape index (κ2) is 4.75. The quantitative estimate of drug-likeness (QED) is 0.858. The maximum atomic E-state index is 12.3. The lowest BCUT2D eigenvalue weighted by Gasteiger charge is -2.23. The molecule has 98 valence electrons. The molecule has 1 aromatic rings. The molecule has 0 radical (unpaired) electrons. The summed E-state index contributed by atoms with van der Waals surface area (Å²) in [6.07, 6.45) is 9.38. The third-order valence-corrected chi connectivity index (χ3v) is 4.65. The number of aromatic nitrogens is 2. The highest BCUT2D eigenvalue weighted by Gasteiger charge is 2.43. The van der Waals surface area contributed by atoms with E-state index < -0.39 is 0 Å². The summed E-state index contributed by atoms with van der Waals surface area (Å²) in [6, 6.07) is 0.0339. The average Bonchev–Trinajstić information content (AvgIpc) is 3.10. The number of carbonyl (C=O) groups excluding carboxylic acids is 1. The van der Waals surface area contributed by atoms with Gasteiger partial charge in [0.05, 0.1) is 6.04 Å². The minimum absolute atomic E-state index is 0.0339. The molecule has 0 saturated heterocycles. The van der Waals surface area contributed by atoms with Crippen LogP contribution in [0.1, 0.15) is 50.9 Å². The minimum atomic E-state index is 0.0339. The van der Waals surface area contributed by atoms with Crippen molar-refractivity contribution in [2.24, 2.45) is 17.8 Å². The SMILES string of the molecule is CCC(NC(=O)C1CC2CCC1C2)c1ncc[nH]1. The fourth-order valence-corrected chi connectivity index (χ4v) is 3.68. The van der Waals surface area contributed by atoms with Gasteiger partial charge in [-0.1, -0.05) is 13.3 Å². The van der Waals surface area contributed by atoms with Gasteiger partial charge in [0.15, 0.2) is 0 Å². The fourth-order valence-electron chi connectivity index (χ4n) is 3.68. The van der Waals surface area contributed by atoms with Gasteiger partial charge in [0.25, 0.3) is 0 Å². The Hall–Kier alpha value is -1.32. The molecule has 1 aromatic heterocycles. The highest BCUT2D eigenvalue weighted by Crippen LogP contribution is 2.48. The lowest BCUT2D eigenvalue weighted by atomic mass is 9.88. The Morgan fingerprint density at radius 1 is 1.56 bits per heavy atom. The summed E-state index contributed by atoms with van der Waals surface area (Å²) in [7, 11) is 0. The molecule has 0 aliphatic heterocycles. The fraction of sp³-hybridized carbons (Fsp3) is 0.714. The van der Waals surface area contributed by atoms with E-state index >= 15 is 0 Å². The maximum absolute atomic E-state index is 12.3. The van der Waals surface area contributed by atoms with Crippen LogP contribution in [-0.4, -0.2) is 15.9 Å². The van der Waals surface area contributed by atoms with Crippen LogP contribution in [0.5, 0.6) is 0 Å². The van der Waals surface area contributed by atoms with Crippen molar-refractivity contribution < 1.29 is 4.79 Å². The van der Waals surface area contributed by atoms with Gasteiger partial charge >= 0.3 is 0 Å². The number of hydrogen-bond acceptors (Lipinski definition) is 2. The molecular weight excluding hydrogens is 226 g/mol. The Kier molecular flexibility index (Phi) is 3.10. The monoisotopic (exact) mass is 247 g/mol. The smallest absolute Gasteiger partial charge is 0.223 e. The molecule has 2 aliphatic rings. The van der Waals surface area contributed by atoms with Crippen LogP contribution in [0.15, 0.2) is 12.4 Å². The van der Waals surface area contributed by atoms with Crippen LogP contribution in [0.4, 0.5) is 0 Å². The molecule has 1 heterocycles. The number of rotatable bonds is 4. The first-order valence-electron chi connectivity index (χ1n) is 7.07. The van der Waals surface area contributed by atoms with Gasteiger partial charge in [0.1, 0.15) is 5.82 Å². The van der Waals surface area contributed by atoms with Gasteiger partial charge in [-0.05, 0) is 37.5 Å². The predicted octanol–water partition coefficient (Wildman–Crippen LogP) is 2.41. The number of nitrogens with zero attached hydrogens (tertiary/aromatic N) is 1. The van der Waals surface area contributed by atoms with E-state index in [0.29, 0.717) is 5.92 Å². The van der Waals surface area contributed by atoms with Crippen molar-refractivity contribution in [1.29, 1.82) is 0 Å². The Morgan fingerprint density at radius 3 is 3.00 bits per heavy atom. The van der Waals surface area contributed by atoms with E-state index in [2.05, 4.69) is 22.2 Å². The number of carbonyl (C=O) groups is 1. The Morgan fingerprint density at radius 2 is 2.44 bits per heavy atom. The third kappa shape index (κ3) is 2.04. The van der Waals surface area contributed by atoms with Crippen molar-refractivity contribution in [2.75, 3.05) is 0 Å². The van der Waals surface area contributed by atoms with Crippen molar-refractivity contribution in [3.05, 3.63) is 18.2 Å². The van der Waals surface area contributed by atoms with E-state index in [1.165, 1.54) is 19.3 Å². The van der Waals surface area contributed by atoms with Crippen LogP contribution >= 0.6 is 0 Å². The summed E-state index contributed by atoms with van der Waals surface area (Å²) in [4.78, 5) is 19.7. The summed E-state index contributed by atoms with van der Waals surface area (Å²) in [5.41, 5.74) is 0. The first-order chi connectivity index (χ1) is 8.78. The van der Waals surface area contributed by atoms with Crippen molar-refractivity contribution in [3.8, 4) is 0 Å². The van der Waals surface area contributed by atoms with Gasteiger partial charge in [-0.15, -0.1) is 0 Å². The van der Waals surface area contributed by atoms with Gasteiger partial charge in [-0.25, -0.2) is 4.98 Å². The average molecular weight is 247 g/mol. The topological polar surface area (TPSA) is 57.8 Å². The highest BCUT2D eigenvalue weighted by atomic mass is 16.2. The Bertz CT molecular complexity index is 415. The second-order valence-corrected chi connectivity index (χ2v) is 5.73. The number of fused-ring (bicyclic) bond motifs is 2. The second-order valence-electron chi connectivity index (χ2n) is 5.73. The summed E-state index contributed by atoms with van der Waals surface area (Å²) in [5.74, 6) is 2.82. The molecule has 1 amide bonds. The molecule has 0 aromatic carbocycles. The number of hydrogen-bond donors (Lipinski definition) is 2. The Labute approximate surface area is 108 Å². The standard InChI is InChI=1S/C14H21N3O/c1-2-12(13-15-5-6-16-13)17-14(18)11-8-9-3-4-10(11)7-9/h5-6,9-12H,2-4,7-8H2,1H3,(H,15,16)(H,17,18). The van der Waals surface area contributed by atoms with Crippen molar-refractivity contribution in [2.45, 2.75) is 45.1 Å². The number of H-pyrrole nitrogens is 1. The summed E-state index contributed by atoms with van der Waals surface area (Å²) < 4.78 is 0. The molecular formula is C14H21N3O. The molecule has 2 N–H and O–H groups in total. The number of aromatic amines is 1. The molecule has 2 saturated carbocycles. The van der Waals surface area contributed by atoms with Gasteiger partial charge in [-0.2, -0.15) is 0 Å². The summed E-state index contributed by atoms with van der Waals surface area (Å²) >= 11 is 0. The molecule has 2 fully saturated rings. The molecule has 4 atom stereocenters. The van der Waals surface area contributed by atoms with E-state index in [9.17, 15) is 4.79 Å². The van der Waals surface area contributed by atoms with Crippen LogP contribution in [0.3, 0.4) is 0 Å². The van der Waals surface area contributed by atoms with Crippen LogP contribution < -0.4 is 5.32 Å². The van der Waals surface area contributed by atoms with Gasteiger partial charge < -0.3 is 10.3 Å². The molecule has 18 heavy (non-hydrogen) atoms. The zero-order valence-electron chi connectivity index (χ0n) is 10.9. The first-order valence-corrected chi connectivity index (χ1v) is 7.07. The number of amides is 1. The predicted molar refractivity (Wildman–Crippen MR) is 68.7 cm³/mol. The molecule has 4 unspecified atom stereocenters. The lowest BCUT2D eigenvalue weighted by Crippen LogP contribution is -2.36. The number of nitrogens with one attached hydrogen (secondary N) is 2.